The van der Waals surface area contributed by atoms with Crippen LogP contribution in [0.5, 0.6) is 0 Å². The molecule has 0 saturated heterocycles. The van der Waals surface area contributed by atoms with Crippen molar-refractivity contribution in [1.82, 2.24) is 9.97 Å². The van der Waals surface area contributed by atoms with Crippen molar-refractivity contribution in [3.8, 4) is 22.5 Å². The van der Waals surface area contributed by atoms with Gasteiger partial charge in [-0.15, -0.1) is 0 Å². The molecule has 0 bridgehead atoms. The Hall–Kier alpha value is -2.13. The van der Waals surface area contributed by atoms with Crippen LogP contribution in [0, 0.1) is 12.7 Å². The molecule has 0 amide bonds. The zero-order chi connectivity index (χ0) is 19.9. The van der Waals surface area contributed by atoms with Crippen LogP contribution in [0.1, 0.15) is 17.8 Å². The number of nitrogens with one attached hydrogen (secondary N) is 1. The summed E-state index contributed by atoms with van der Waals surface area (Å²) in [6.45, 7) is 1.84. The molecule has 0 spiro atoms. The quantitative estimate of drug-likeness (QED) is 0.577. The van der Waals surface area contributed by atoms with E-state index in [0.717, 1.165) is 28.4 Å². The maximum atomic E-state index is 14.3. The van der Waals surface area contributed by atoms with Gasteiger partial charge in [0.1, 0.15) is 10.7 Å². The highest BCUT2D eigenvalue weighted by Gasteiger charge is 2.21. The lowest BCUT2D eigenvalue weighted by Crippen LogP contribution is -2.00. The minimum atomic E-state index is -3.74. The van der Waals surface area contributed by atoms with Gasteiger partial charge in [0.25, 0.3) is 6.43 Å². The molecule has 3 rings (SSSR count). The SMILES string of the molecule is Cc1cc(-c2nc(C(F)F)[nH]c2-c2ccc(S(C)(=O)=O)c(F)c2)ccc1Br. The third-order valence-electron chi connectivity index (χ3n) is 3.98. The molecule has 1 aromatic heterocycles. The molecule has 0 radical (unpaired) electrons. The number of alkyl halides is 2. The standard InChI is InChI=1S/C18H14BrF3N2O2S/c1-9-7-10(3-5-12(9)19)15-16(24-18(23-15)17(21)22)11-4-6-14(13(20)8-11)27(2,25)26/h3-8,17H,1-2H3,(H,23,24). The second-order valence-corrected chi connectivity index (χ2v) is 8.87. The van der Waals surface area contributed by atoms with Crippen molar-refractivity contribution in [3.63, 3.8) is 0 Å². The van der Waals surface area contributed by atoms with Crippen LogP contribution in [-0.4, -0.2) is 24.6 Å². The van der Waals surface area contributed by atoms with Crippen molar-refractivity contribution < 1.29 is 21.6 Å². The highest BCUT2D eigenvalue weighted by atomic mass is 79.9. The number of halogens is 4. The van der Waals surface area contributed by atoms with E-state index in [1.54, 1.807) is 18.2 Å². The number of hydrogen-bond donors (Lipinski definition) is 1. The van der Waals surface area contributed by atoms with Gasteiger partial charge < -0.3 is 4.98 Å². The van der Waals surface area contributed by atoms with E-state index in [1.165, 1.54) is 6.07 Å². The number of benzene rings is 2. The number of sulfone groups is 1. The molecule has 1 N–H and O–H groups in total. The van der Waals surface area contributed by atoms with Gasteiger partial charge >= 0.3 is 0 Å². The Kier molecular flexibility index (Phi) is 5.18. The highest BCUT2D eigenvalue weighted by Crippen LogP contribution is 2.35. The molecule has 142 valence electrons. The van der Waals surface area contributed by atoms with Gasteiger partial charge in [-0.05, 0) is 36.8 Å². The van der Waals surface area contributed by atoms with E-state index < -0.39 is 32.8 Å². The molecule has 0 aliphatic rings. The summed E-state index contributed by atoms with van der Waals surface area (Å²) in [7, 11) is -3.74. The third-order valence-corrected chi connectivity index (χ3v) is 6.00. The lowest BCUT2D eigenvalue weighted by molar-refractivity contribution is 0.141. The van der Waals surface area contributed by atoms with Gasteiger partial charge in [-0.25, -0.2) is 26.6 Å². The van der Waals surface area contributed by atoms with Gasteiger partial charge in [-0.1, -0.05) is 28.1 Å². The Balaban J connectivity index is 2.20. The van der Waals surface area contributed by atoms with E-state index in [4.69, 9.17) is 0 Å². The fourth-order valence-corrected chi connectivity index (χ4v) is 3.64. The van der Waals surface area contributed by atoms with Crippen LogP contribution in [0.25, 0.3) is 22.5 Å². The number of aromatic amines is 1. The van der Waals surface area contributed by atoms with E-state index in [0.29, 0.717) is 5.56 Å². The van der Waals surface area contributed by atoms with Crippen molar-refractivity contribution in [3.05, 3.63) is 58.1 Å². The van der Waals surface area contributed by atoms with E-state index >= 15 is 0 Å². The predicted octanol–water partition coefficient (Wildman–Crippen LogP) is 5.29. The van der Waals surface area contributed by atoms with Crippen LogP contribution in [0.4, 0.5) is 13.2 Å². The largest absolute Gasteiger partial charge is 0.337 e. The number of H-pyrrole nitrogens is 1. The summed E-state index contributed by atoms with van der Waals surface area (Å²) in [5.41, 5.74) is 2.08. The van der Waals surface area contributed by atoms with Gasteiger partial charge in [0, 0.05) is 21.9 Å². The molecular formula is C18H14BrF3N2O2S. The molecule has 2 aromatic carbocycles. The molecule has 4 nitrogen and oxygen atoms in total. The van der Waals surface area contributed by atoms with Crippen molar-refractivity contribution >= 4 is 25.8 Å². The summed E-state index contributed by atoms with van der Waals surface area (Å²) in [5.74, 6) is -1.51. The van der Waals surface area contributed by atoms with E-state index in [-0.39, 0.29) is 17.0 Å². The summed E-state index contributed by atoms with van der Waals surface area (Å²) in [6.07, 6.45) is -1.94. The number of nitrogens with zero attached hydrogens (tertiary/aromatic N) is 1. The van der Waals surface area contributed by atoms with Crippen molar-refractivity contribution in [1.29, 1.82) is 0 Å². The second kappa shape index (κ2) is 7.12. The zero-order valence-corrected chi connectivity index (χ0v) is 16.6. The highest BCUT2D eigenvalue weighted by molar-refractivity contribution is 9.10. The van der Waals surface area contributed by atoms with Crippen molar-refractivity contribution in [2.45, 2.75) is 18.2 Å². The maximum Gasteiger partial charge on any atom is 0.295 e. The third kappa shape index (κ3) is 3.93. The molecule has 3 aromatic rings. The predicted molar refractivity (Wildman–Crippen MR) is 99.9 cm³/mol. The average Bonchev–Trinajstić information content (AvgIpc) is 3.01. The lowest BCUT2D eigenvalue weighted by Gasteiger charge is -2.07. The Bertz CT molecular complexity index is 1130. The monoisotopic (exact) mass is 458 g/mol. The van der Waals surface area contributed by atoms with E-state index in [1.807, 2.05) is 6.92 Å². The molecule has 0 fully saturated rings. The van der Waals surface area contributed by atoms with Gasteiger partial charge in [0.15, 0.2) is 15.7 Å². The Labute approximate surface area is 162 Å². The number of rotatable bonds is 4. The van der Waals surface area contributed by atoms with Gasteiger partial charge in [0.05, 0.1) is 11.4 Å². The van der Waals surface area contributed by atoms with Crippen LogP contribution in [0.3, 0.4) is 0 Å². The van der Waals surface area contributed by atoms with Crippen LogP contribution < -0.4 is 0 Å². The molecule has 0 saturated carbocycles. The summed E-state index contributed by atoms with van der Waals surface area (Å²) in [5, 5.41) is 0. The first-order valence-corrected chi connectivity index (χ1v) is 10.4. The van der Waals surface area contributed by atoms with E-state index in [2.05, 4.69) is 25.9 Å². The lowest BCUT2D eigenvalue weighted by atomic mass is 10.0. The van der Waals surface area contributed by atoms with Crippen LogP contribution >= 0.6 is 15.9 Å². The molecule has 9 heteroatoms. The van der Waals surface area contributed by atoms with Crippen molar-refractivity contribution in [2.24, 2.45) is 0 Å². The smallest absolute Gasteiger partial charge is 0.295 e. The minimum Gasteiger partial charge on any atom is -0.337 e. The summed E-state index contributed by atoms with van der Waals surface area (Å²) < 4.78 is 64.7. The fraction of sp³-hybridized carbons (Fsp3) is 0.167. The first-order valence-electron chi connectivity index (χ1n) is 7.72. The summed E-state index contributed by atoms with van der Waals surface area (Å²) in [4.78, 5) is 6.04. The Morgan fingerprint density at radius 1 is 1.11 bits per heavy atom. The van der Waals surface area contributed by atoms with Crippen LogP contribution in [0.2, 0.25) is 0 Å². The Morgan fingerprint density at radius 2 is 1.78 bits per heavy atom. The number of hydrogen-bond acceptors (Lipinski definition) is 3. The summed E-state index contributed by atoms with van der Waals surface area (Å²) >= 11 is 3.38. The first-order chi connectivity index (χ1) is 12.6. The van der Waals surface area contributed by atoms with E-state index in [9.17, 15) is 21.6 Å². The molecule has 0 atom stereocenters. The number of aromatic nitrogens is 2. The van der Waals surface area contributed by atoms with Crippen LogP contribution in [0.15, 0.2) is 45.8 Å². The molecule has 0 aliphatic carbocycles. The Morgan fingerprint density at radius 3 is 2.33 bits per heavy atom. The van der Waals surface area contributed by atoms with Gasteiger partial charge in [-0.3, -0.25) is 0 Å². The van der Waals surface area contributed by atoms with Gasteiger partial charge in [0.2, 0.25) is 0 Å². The van der Waals surface area contributed by atoms with Crippen LogP contribution in [-0.2, 0) is 9.84 Å². The topological polar surface area (TPSA) is 62.8 Å². The minimum absolute atomic E-state index is 0.186. The first kappa shape index (κ1) is 19.6. The zero-order valence-electron chi connectivity index (χ0n) is 14.2. The normalized spacial score (nSPS) is 12.0. The summed E-state index contributed by atoms with van der Waals surface area (Å²) in [6, 6.07) is 8.69. The molecule has 0 aliphatic heterocycles. The molecular weight excluding hydrogens is 445 g/mol. The maximum absolute atomic E-state index is 14.3. The fourth-order valence-electron chi connectivity index (χ4n) is 2.66. The average molecular weight is 459 g/mol. The second-order valence-electron chi connectivity index (χ2n) is 6.03. The number of imidazole rings is 1. The number of aryl methyl sites for hydroxylation is 1. The molecule has 1 heterocycles. The molecule has 27 heavy (non-hydrogen) atoms. The van der Waals surface area contributed by atoms with Crippen molar-refractivity contribution in [2.75, 3.05) is 6.26 Å². The molecule has 0 unspecified atom stereocenters. The van der Waals surface area contributed by atoms with Gasteiger partial charge in [-0.2, -0.15) is 0 Å².